The maximum atomic E-state index is 12.3. The SMILES string of the molecule is Cc1cc(Cc2nc3ccccc3c(=O)[nH]2)c2c(C)cccc2n1. The lowest BCUT2D eigenvalue weighted by Crippen LogP contribution is -2.12. The summed E-state index contributed by atoms with van der Waals surface area (Å²) < 4.78 is 0. The fourth-order valence-corrected chi connectivity index (χ4v) is 3.25. The van der Waals surface area contributed by atoms with E-state index in [4.69, 9.17) is 0 Å². The summed E-state index contributed by atoms with van der Waals surface area (Å²) in [5.41, 5.74) is 4.89. The highest BCUT2D eigenvalue weighted by molar-refractivity contribution is 5.86. The summed E-state index contributed by atoms with van der Waals surface area (Å²) in [4.78, 5) is 24.4. The van der Waals surface area contributed by atoms with Crippen LogP contribution in [0.1, 0.15) is 22.6 Å². The number of nitrogens with one attached hydrogen (secondary N) is 1. The minimum absolute atomic E-state index is 0.0950. The molecule has 4 heteroatoms. The highest BCUT2D eigenvalue weighted by Gasteiger charge is 2.10. The standard InChI is InChI=1S/C20H17N3O/c1-12-6-5-9-17-19(12)14(10-13(2)21-17)11-18-22-16-8-4-3-7-15(16)20(24)23-18/h3-10H,11H2,1-2H3,(H,22,23,24). The summed E-state index contributed by atoms with van der Waals surface area (Å²) in [6.07, 6.45) is 0.574. The number of rotatable bonds is 2. The number of aryl methyl sites for hydroxylation is 2. The molecule has 0 atom stereocenters. The fraction of sp³-hybridized carbons (Fsp3) is 0.150. The second-order valence-electron chi connectivity index (χ2n) is 6.10. The monoisotopic (exact) mass is 315 g/mol. The van der Waals surface area contributed by atoms with Gasteiger partial charge in [-0.25, -0.2) is 4.98 Å². The lowest BCUT2D eigenvalue weighted by molar-refractivity contribution is 0.974. The van der Waals surface area contributed by atoms with Crippen LogP contribution in [0.3, 0.4) is 0 Å². The number of aromatic amines is 1. The van der Waals surface area contributed by atoms with Crippen molar-refractivity contribution in [2.45, 2.75) is 20.3 Å². The van der Waals surface area contributed by atoms with Crippen LogP contribution in [0.5, 0.6) is 0 Å². The maximum Gasteiger partial charge on any atom is 0.258 e. The molecule has 0 aliphatic carbocycles. The number of nitrogens with zero attached hydrogens (tertiary/aromatic N) is 2. The number of pyridine rings is 1. The lowest BCUT2D eigenvalue weighted by Gasteiger charge is -2.10. The van der Waals surface area contributed by atoms with Crippen LogP contribution in [0, 0.1) is 13.8 Å². The van der Waals surface area contributed by atoms with Crippen LogP contribution >= 0.6 is 0 Å². The van der Waals surface area contributed by atoms with Crippen molar-refractivity contribution in [2.24, 2.45) is 0 Å². The Morgan fingerprint density at radius 3 is 2.62 bits per heavy atom. The quantitative estimate of drug-likeness (QED) is 0.614. The Bertz CT molecular complexity index is 1130. The first-order valence-corrected chi connectivity index (χ1v) is 7.95. The number of benzene rings is 2. The predicted octanol–water partition coefficient (Wildman–Crippen LogP) is 3.68. The van der Waals surface area contributed by atoms with E-state index in [1.807, 2.05) is 37.3 Å². The zero-order valence-corrected chi connectivity index (χ0v) is 13.6. The number of hydrogen-bond donors (Lipinski definition) is 1. The van der Waals surface area contributed by atoms with Crippen LogP contribution < -0.4 is 5.56 Å². The average Bonchev–Trinajstić information content (AvgIpc) is 2.54. The van der Waals surface area contributed by atoms with Gasteiger partial charge in [0.05, 0.1) is 16.4 Å². The molecular formula is C20H17N3O. The van der Waals surface area contributed by atoms with E-state index in [-0.39, 0.29) is 5.56 Å². The first kappa shape index (κ1) is 14.6. The number of hydrogen-bond acceptors (Lipinski definition) is 3. The van der Waals surface area contributed by atoms with Crippen molar-refractivity contribution in [1.29, 1.82) is 0 Å². The van der Waals surface area contributed by atoms with Gasteiger partial charge in [-0.15, -0.1) is 0 Å². The van der Waals surface area contributed by atoms with Gasteiger partial charge in [-0.1, -0.05) is 24.3 Å². The molecule has 4 nitrogen and oxygen atoms in total. The summed E-state index contributed by atoms with van der Waals surface area (Å²) in [6.45, 7) is 4.07. The number of aromatic nitrogens is 3. The van der Waals surface area contributed by atoms with Crippen molar-refractivity contribution >= 4 is 21.8 Å². The highest BCUT2D eigenvalue weighted by Crippen LogP contribution is 2.24. The van der Waals surface area contributed by atoms with E-state index in [1.165, 1.54) is 5.56 Å². The van der Waals surface area contributed by atoms with Crippen molar-refractivity contribution in [1.82, 2.24) is 15.0 Å². The van der Waals surface area contributed by atoms with Crippen LogP contribution in [0.4, 0.5) is 0 Å². The Kier molecular flexibility index (Phi) is 3.38. The number of para-hydroxylation sites is 1. The van der Waals surface area contributed by atoms with E-state index in [1.54, 1.807) is 6.07 Å². The lowest BCUT2D eigenvalue weighted by atomic mass is 10.0. The van der Waals surface area contributed by atoms with Crippen LogP contribution in [0.2, 0.25) is 0 Å². The largest absolute Gasteiger partial charge is 0.310 e. The molecule has 0 unspecified atom stereocenters. The zero-order valence-electron chi connectivity index (χ0n) is 13.6. The van der Waals surface area contributed by atoms with Crippen LogP contribution in [-0.2, 0) is 6.42 Å². The van der Waals surface area contributed by atoms with Crippen LogP contribution in [0.25, 0.3) is 21.8 Å². The molecule has 0 radical (unpaired) electrons. The summed E-state index contributed by atoms with van der Waals surface area (Å²) in [5, 5.41) is 1.76. The molecule has 2 aromatic heterocycles. The van der Waals surface area contributed by atoms with E-state index in [0.717, 1.165) is 27.7 Å². The van der Waals surface area contributed by atoms with E-state index in [9.17, 15) is 4.79 Å². The van der Waals surface area contributed by atoms with Gasteiger partial charge in [0.1, 0.15) is 5.82 Å². The molecular weight excluding hydrogens is 298 g/mol. The molecule has 0 saturated heterocycles. The summed E-state index contributed by atoms with van der Waals surface area (Å²) >= 11 is 0. The minimum atomic E-state index is -0.0950. The topological polar surface area (TPSA) is 58.6 Å². The Hall–Kier alpha value is -3.01. The summed E-state index contributed by atoms with van der Waals surface area (Å²) in [5.74, 6) is 0.675. The third-order valence-corrected chi connectivity index (χ3v) is 4.27. The molecule has 4 rings (SSSR count). The van der Waals surface area contributed by atoms with Crippen molar-refractivity contribution < 1.29 is 0 Å². The fourth-order valence-electron chi connectivity index (χ4n) is 3.25. The van der Waals surface area contributed by atoms with Gasteiger partial charge in [0.15, 0.2) is 0 Å². The van der Waals surface area contributed by atoms with Gasteiger partial charge < -0.3 is 4.98 Å². The Morgan fingerprint density at radius 2 is 1.75 bits per heavy atom. The number of H-pyrrole nitrogens is 1. The molecule has 24 heavy (non-hydrogen) atoms. The van der Waals surface area contributed by atoms with Gasteiger partial charge in [0.25, 0.3) is 5.56 Å². The van der Waals surface area contributed by atoms with E-state index in [0.29, 0.717) is 17.6 Å². The molecule has 0 aliphatic rings. The van der Waals surface area contributed by atoms with Gasteiger partial charge >= 0.3 is 0 Å². The van der Waals surface area contributed by atoms with E-state index in [2.05, 4.69) is 34.0 Å². The highest BCUT2D eigenvalue weighted by atomic mass is 16.1. The normalized spacial score (nSPS) is 11.2. The van der Waals surface area contributed by atoms with E-state index < -0.39 is 0 Å². The molecule has 118 valence electrons. The van der Waals surface area contributed by atoms with Crippen LogP contribution in [0.15, 0.2) is 53.3 Å². The van der Waals surface area contributed by atoms with Gasteiger partial charge in [-0.2, -0.15) is 0 Å². The van der Waals surface area contributed by atoms with E-state index >= 15 is 0 Å². The molecule has 0 spiro atoms. The minimum Gasteiger partial charge on any atom is -0.310 e. The first-order chi connectivity index (χ1) is 11.6. The molecule has 0 saturated carbocycles. The molecule has 2 aromatic carbocycles. The molecule has 4 aromatic rings. The third-order valence-electron chi connectivity index (χ3n) is 4.27. The molecule has 0 aliphatic heterocycles. The van der Waals surface area contributed by atoms with Crippen molar-refractivity contribution in [3.8, 4) is 0 Å². The van der Waals surface area contributed by atoms with Gasteiger partial charge in [-0.05, 0) is 49.2 Å². The molecule has 0 bridgehead atoms. The molecule has 0 fully saturated rings. The Balaban J connectivity index is 1.90. The second-order valence-corrected chi connectivity index (χ2v) is 6.10. The number of fused-ring (bicyclic) bond motifs is 2. The van der Waals surface area contributed by atoms with Gasteiger partial charge in [0, 0.05) is 17.5 Å². The van der Waals surface area contributed by atoms with Gasteiger partial charge in [0.2, 0.25) is 0 Å². The molecule has 1 N–H and O–H groups in total. The molecule has 2 heterocycles. The average molecular weight is 315 g/mol. The summed E-state index contributed by atoms with van der Waals surface area (Å²) in [6, 6.07) is 15.6. The first-order valence-electron chi connectivity index (χ1n) is 7.95. The van der Waals surface area contributed by atoms with Crippen LogP contribution in [-0.4, -0.2) is 15.0 Å². The van der Waals surface area contributed by atoms with Crippen molar-refractivity contribution in [3.63, 3.8) is 0 Å². The smallest absolute Gasteiger partial charge is 0.258 e. The zero-order chi connectivity index (χ0) is 16.7. The third kappa shape index (κ3) is 2.46. The maximum absolute atomic E-state index is 12.3. The summed E-state index contributed by atoms with van der Waals surface area (Å²) in [7, 11) is 0. The van der Waals surface area contributed by atoms with Crippen molar-refractivity contribution in [2.75, 3.05) is 0 Å². The van der Waals surface area contributed by atoms with Gasteiger partial charge in [-0.3, -0.25) is 9.78 Å². The molecule has 0 amide bonds. The predicted molar refractivity (Wildman–Crippen MR) is 96.4 cm³/mol. The Morgan fingerprint density at radius 1 is 0.958 bits per heavy atom. The Labute approximate surface area is 139 Å². The second kappa shape index (κ2) is 5.57. The van der Waals surface area contributed by atoms with Crippen molar-refractivity contribution in [3.05, 3.63) is 81.5 Å².